The van der Waals surface area contributed by atoms with Gasteiger partial charge >= 0.3 is 5.97 Å². The molecule has 0 aliphatic rings. The Labute approximate surface area is 58.7 Å². The van der Waals surface area contributed by atoms with Crippen LogP contribution >= 0.6 is 0 Å². The fraction of sp³-hybridized carbons (Fsp3) is 0.333. The first kappa shape index (κ1) is 8.68. The van der Waals surface area contributed by atoms with E-state index in [0.717, 1.165) is 0 Å². The Balaban J connectivity index is 3.60. The average molecular weight is 143 g/mol. The molecule has 0 heterocycles. The van der Waals surface area contributed by atoms with E-state index in [2.05, 4.69) is 11.3 Å². The van der Waals surface area contributed by atoms with E-state index in [9.17, 15) is 9.59 Å². The molecule has 0 bridgehead atoms. The number of hydrogen-bond donors (Lipinski definition) is 1. The highest BCUT2D eigenvalue weighted by atomic mass is 16.5. The number of rotatable bonds is 3. The normalized spacial score (nSPS) is 8.50. The van der Waals surface area contributed by atoms with Crippen LogP contribution in [0.2, 0.25) is 0 Å². The molecule has 0 atom stereocenters. The largest absolute Gasteiger partial charge is 0.452 e. The smallest absolute Gasteiger partial charge is 0.333 e. The van der Waals surface area contributed by atoms with Gasteiger partial charge in [0.1, 0.15) is 0 Å². The second-order valence-electron chi connectivity index (χ2n) is 1.82. The Morgan fingerprint density at radius 2 is 2.10 bits per heavy atom. The molecule has 0 unspecified atom stereocenters. The van der Waals surface area contributed by atoms with E-state index in [-0.39, 0.29) is 12.2 Å². The van der Waals surface area contributed by atoms with Gasteiger partial charge in [0.05, 0.1) is 0 Å². The lowest BCUT2D eigenvalue weighted by atomic mass is 10.4. The van der Waals surface area contributed by atoms with Crippen molar-refractivity contribution in [1.29, 1.82) is 0 Å². The fourth-order valence-electron chi connectivity index (χ4n) is 0.260. The van der Waals surface area contributed by atoms with Crippen LogP contribution in [0.1, 0.15) is 6.92 Å². The predicted octanol–water partition coefficient (Wildman–Crippen LogP) is -0.409. The van der Waals surface area contributed by atoms with Crippen LogP contribution in [0.4, 0.5) is 0 Å². The molecule has 0 aromatic heterocycles. The minimum atomic E-state index is -0.672. The molecule has 0 spiro atoms. The molecule has 56 valence electrons. The summed E-state index contributed by atoms with van der Waals surface area (Å²) in [5.41, 5.74) is 4.95. The van der Waals surface area contributed by atoms with Gasteiger partial charge in [-0.25, -0.2) is 4.79 Å². The summed E-state index contributed by atoms with van der Waals surface area (Å²) in [4.78, 5) is 20.6. The van der Waals surface area contributed by atoms with Gasteiger partial charge in [-0.1, -0.05) is 6.58 Å². The van der Waals surface area contributed by atoms with Gasteiger partial charge in [-0.3, -0.25) is 4.79 Å². The van der Waals surface area contributed by atoms with E-state index in [1.54, 1.807) is 0 Å². The Bertz CT molecular complexity index is 174. The van der Waals surface area contributed by atoms with Crippen molar-refractivity contribution in [3.8, 4) is 0 Å². The lowest BCUT2D eigenvalue weighted by Gasteiger charge is -1.98. The Hall–Kier alpha value is -1.32. The summed E-state index contributed by atoms with van der Waals surface area (Å²) >= 11 is 0. The third-order valence-electron chi connectivity index (χ3n) is 0.694. The van der Waals surface area contributed by atoms with Crippen molar-refractivity contribution < 1.29 is 14.3 Å². The molecule has 4 nitrogen and oxygen atoms in total. The van der Waals surface area contributed by atoms with Crippen LogP contribution in [0.25, 0.3) is 0 Å². The highest BCUT2D eigenvalue weighted by Gasteiger charge is 2.03. The van der Waals surface area contributed by atoms with E-state index >= 15 is 0 Å². The van der Waals surface area contributed by atoms with Crippen LogP contribution in [-0.2, 0) is 14.3 Å². The van der Waals surface area contributed by atoms with E-state index in [1.165, 1.54) is 6.92 Å². The number of hydrogen-bond acceptors (Lipinski definition) is 3. The van der Waals surface area contributed by atoms with Gasteiger partial charge < -0.3 is 10.5 Å². The lowest BCUT2D eigenvalue weighted by molar-refractivity contribution is -0.143. The molecule has 0 saturated heterocycles. The summed E-state index contributed by atoms with van der Waals surface area (Å²) in [7, 11) is 0. The van der Waals surface area contributed by atoms with Crippen LogP contribution < -0.4 is 5.73 Å². The van der Waals surface area contributed by atoms with Crippen molar-refractivity contribution in [2.45, 2.75) is 6.92 Å². The van der Waals surface area contributed by atoms with Crippen LogP contribution in [0.5, 0.6) is 0 Å². The lowest BCUT2D eigenvalue weighted by Crippen LogP contribution is -2.20. The predicted molar refractivity (Wildman–Crippen MR) is 35.0 cm³/mol. The molecule has 0 aromatic carbocycles. The SMILES string of the molecule is C=C(C)C(=O)OCC(N)=O. The van der Waals surface area contributed by atoms with E-state index in [0.29, 0.717) is 0 Å². The highest BCUT2D eigenvalue weighted by molar-refractivity contribution is 5.89. The average Bonchev–Trinajstić information content (AvgIpc) is 1.82. The maximum Gasteiger partial charge on any atom is 0.333 e. The van der Waals surface area contributed by atoms with E-state index in [4.69, 9.17) is 5.73 Å². The number of nitrogens with two attached hydrogens (primary N) is 1. The topological polar surface area (TPSA) is 69.4 Å². The monoisotopic (exact) mass is 143 g/mol. The summed E-state index contributed by atoms with van der Waals surface area (Å²) in [6.45, 7) is 4.41. The van der Waals surface area contributed by atoms with E-state index in [1.807, 2.05) is 0 Å². The van der Waals surface area contributed by atoms with E-state index < -0.39 is 11.9 Å². The van der Waals surface area contributed by atoms with Crippen molar-refractivity contribution in [3.05, 3.63) is 12.2 Å². The van der Waals surface area contributed by atoms with Crippen molar-refractivity contribution in [2.75, 3.05) is 6.61 Å². The van der Waals surface area contributed by atoms with Gasteiger partial charge in [0.2, 0.25) is 0 Å². The Kier molecular flexibility index (Phi) is 3.17. The fourth-order valence-corrected chi connectivity index (χ4v) is 0.260. The first-order valence-corrected chi connectivity index (χ1v) is 2.65. The number of carbonyl (C=O) groups is 2. The van der Waals surface area contributed by atoms with Gasteiger partial charge in [0, 0.05) is 5.57 Å². The zero-order valence-corrected chi connectivity index (χ0v) is 5.72. The second kappa shape index (κ2) is 3.66. The molecular weight excluding hydrogens is 134 g/mol. The van der Waals surface area contributed by atoms with Crippen molar-refractivity contribution in [3.63, 3.8) is 0 Å². The number of carbonyl (C=O) groups excluding carboxylic acids is 2. The standard InChI is InChI=1S/C6H9NO3/c1-4(2)6(9)10-3-5(7)8/h1,3H2,2H3,(H2,7,8). The van der Waals surface area contributed by atoms with Crippen LogP contribution in [0, 0.1) is 0 Å². The van der Waals surface area contributed by atoms with Crippen molar-refractivity contribution in [1.82, 2.24) is 0 Å². The molecule has 4 heteroatoms. The molecule has 0 aromatic rings. The van der Waals surface area contributed by atoms with Gasteiger partial charge in [-0.2, -0.15) is 0 Å². The number of amides is 1. The minimum Gasteiger partial charge on any atom is -0.452 e. The molecule has 1 amide bonds. The van der Waals surface area contributed by atoms with Gasteiger partial charge in [0.25, 0.3) is 5.91 Å². The minimum absolute atomic E-state index is 0.251. The third kappa shape index (κ3) is 3.65. The van der Waals surface area contributed by atoms with Gasteiger partial charge in [-0.05, 0) is 6.92 Å². The number of esters is 1. The summed E-state index contributed by atoms with van der Waals surface area (Å²) < 4.78 is 4.35. The maximum atomic E-state index is 10.5. The van der Waals surface area contributed by atoms with Gasteiger partial charge in [-0.15, -0.1) is 0 Å². The summed E-state index contributed by atoms with van der Waals surface area (Å²) in [5, 5.41) is 0. The number of primary amides is 1. The molecule has 0 fully saturated rings. The summed E-state index contributed by atoms with van der Waals surface area (Å²) in [6.07, 6.45) is 0. The first-order valence-electron chi connectivity index (χ1n) is 2.65. The third-order valence-corrected chi connectivity index (χ3v) is 0.694. The molecule has 10 heavy (non-hydrogen) atoms. The first-order chi connectivity index (χ1) is 4.54. The molecule has 0 saturated carbocycles. The maximum absolute atomic E-state index is 10.5. The second-order valence-corrected chi connectivity index (χ2v) is 1.82. The summed E-state index contributed by atoms with van der Waals surface area (Å²) in [6, 6.07) is 0. The van der Waals surface area contributed by atoms with Crippen LogP contribution in [0.15, 0.2) is 12.2 Å². The zero-order valence-electron chi connectivity index (χ0n) is 5.72. The highest BCUT2D eigenvalue weighted by Crippen LogP contribution is 1.90. The Morgan fingerprint density at radius 1 is 1.60 bits per heavy atom. The van der Waals surface area contributed by atoms with Gasteiger partial charge in [0.15, 0.2) is 6.61 Å². The quantitative estimate of drug-likeness (QED) is 0.431. The molecule has 0 aliphatic carbocycles. The molecule has 2 N–H and O–H groups in total. The Morgan fingerprint density at radius 3 is 2.40 bits per heavy atom. The molecule has 0 radical (unpaired) electrons. The van der Waals surface area contributed by atoms with Crippen LogP contribution in [0.3, 0.4) is 0 Å². The molecular formula is C6H9NO3. The molecule has 0 rings (SSSR count). The molecule has 0 aliphatic heterocycles. The van der Waals surface area contributed by atoms with Crippen molar-refractivity contribution in [2.24, 2.45) is 5.73 Å². The summed E-state index contributed by atoms with van der Waals surface area (Å²) in [5.74, 6) is -1.27. The van der Waals surface area contributed by atoms with Crippen LogP contribution in [-0.4, -0.2) is 18.5 Å². The number of ether oxygens (including phenoxy) is 1. The zero-order chi connectivity index (χ0) is 8.15. The van der Waals surface area contributed by atoms with Crippen molar-refractivity contribution >= 4 is 11.9 Å².